The SMILES string of the molecule is CCCCC(CC)COc1ccc(/C(C)=c2/c(=C3/C(=O)c4ccccc4N3C=O)[nH]c3ccccc23)cc1. The van der Waals surface area contributed by atoms with Crippen LogP contribution >= 0.6 is 0 Å². The Hall–Kier alpha value is -4.12. The molecule has 5 nitrogen and oxygen atoms in total. The molecule has 0 radical (unpaired) electrons. The number of benzene rings is 3. The highest BCUT2D eigenvalue weighted by Crippen LogP contribution is 2.33. The van der Waals surface area contributed by atoms with E-state index in [1.807, 2.05) is 48.5 Å². The van der Waals surface area contributed by atoms with Gasteiger partial charge in [0.05, 0.1) is 17.6 Å². The van der Waals surface area contributed by atoms with Gasteiger partial charge in [-0.1, -0.05) is 75.6 Å². The fraction of sp³-hybridized carbons (Fsp3) is 0.273. The number of hydrogen-bond donors (Lipinski definition) is 1. The second kappa shape index (κ2) is 11.1. The zero-order valence-electron chi connectivity index (χ0n) is 22.3. The highest BCUT2D eigenvalue weighted by molar-refractivity contribution is 6.37. The number of nitrogens with zero attached hydrogens (tertiary/aromatic N) is 1. The third kappa shape index (κ3) is 4.65. The van der Waals surface area contributed by atoms with Crippen LogP contribution in [-0.4, -0.2) is 23.8 Å². The molecule has 0 spiro atoms. The quantitative estimate of drug-likeness (QED) is 0.285. The van der Waals surface area contributed by atoms with E-state index >= 15 is 0 Å². The number of ketones is 1. The molecule has 5 heteroatoms. The third-order valence-corrected chi connectivity index (χ3v) is 7.60. The standard InChI is InChI=1S/C33H34N2O3/c1-4-6-11-23(5-2)20-38-25-18-16-24(17-19-25)22(3)30-26-12-7-9-14-28(26)34-31(30)32-33(37)27-13-8-10-15-29(27)35(32)21-36/h7-10,12-19,21,23,34H,4-6,11,20H2,1-3H3/b30-22+,32-31+. The van der Waals surface area contributed by atoms with Gasteiger partial charge in [0.25, 0.3) is 0 Å². The Labute approximate surface area is 223 Å². The van der Waals surface area contributed by atoms with Crippen LogP contribution in [0.15, 0.2) is 72.8 Å². The van der Waals surface area contributed by atoms with Crippen LogP contribution in [0.25, 0.3) is 22.2 Å². The number of carbonyl (C=O) groups excluding carboxylic acids is 2. The summed E-state index contributed by atoms with van der Waals surface area (Å²) in [6.45, 7) is 7.24. The van der Waals surface area contributed by atoms with Gasteiger partial charge in [-0.2, -0.15) is 0 Å². The maximum absolute atomic E-state index is 13.5. The Bertz CT molecular complexity index is 1600. The molecule has 4 aromatic rings. The maximum Gasteiger partial charge on any atom is 0.218 e. The van der Waals surface area contributed by atoms with Crippen LogP contribution in [-0.2, 0) is 4.79 Å². The van der Waals surface area contributed by atoms with Crippen LogP contribution in [0.2, 0.25) is 0 Å². The highest BCUT2D eigenvalue weighted by Gasteiger charge is 2.33. The molecular formula is C33H34N2O3. The van der Waals surface area contributed by atoms with Gasteiger partial charge >= 0.3 is 0 Å². The molecule has 0 aliphatic carbocycles. The first-order valence-electron chi connectivity index (χ1n) is 13.5. The van der Waals surface area contributed by atoms with Crippen molar-refractivity contribution in [3.63, 3.8) is 0 Å². The molecule has 2 heterocycles. The molecule has 1 atom stereocenters. The number of ether oxygens (including phenoxy) is 1. The molecule has 1 aliphatic rings. The molecule has 1 N–H and O–H groups in total. The first kappa shape index (κ1) is 25.5. The molecule has 1 aliphatic heterocycles. The lowest BCUT2D eigenvalue weighted by Crippen LogP contribution is -2.35. The smallest absolute Gasteiger partial charge is 0.218 e. The van der Waals surface area contributed by atoms with Crippen LogP contribution in [0.5, 0.6) is 5.75 Å². The first-order valence-corrected chi connectivity index (χ1v) is 13.5. The minimum Gasteiger partial charge on any atom is -0.493 e. The molecule has 1 unspecified atom stereocenters. The monoisotopic (exact) mass is 506 g/mol. The van der Waals surface area contributed by atoms with Gasteiger partial charge in [0.15, 0.2) is 0 Å². The fourth-order valence-electron chi connectivity index (χ4n) is 5.34. The van der Waals surface area contributed by atoms with Crippen LogP contribution in [0.4, 0.5) is 5.69 Å². The van der Waals surface area contributed by atoms with Crippen molar-refractivity contribution in [2.45, 2.75) is 46.5 Å². The van der Waals surface area contributed by atoms with E-state index in [-0.39, 0.29) is 5.78 Å². The molecular weight excluding hydrogens is 472 g/mol. The zero-order chi connectivity index (χ0) is 26.6. The molecule has 194 valence electrons. The number of carbonyl (C=O) groups is 2. The molecule has 5 rings (SSSR count). The van der Waals surface area contributed by atoms with Crippen molar-refractivity contribution >= 4 is 40.1 Å². The van der Waals surface area contributed by atoms with E-state index in [0.29, 0.717) is 28.2 Å². The van der Waals surface area contributed by atoms with E-state index in [1.165, 1.54) is 24.2 Å². The topological polar surface area (TPSA) is 62.4 Å². The number of rotatable bonds is 9. The summed E-state index contributed by atoms with van der Waals surface area (Å²) in [6.07, 6.45) is 5.47. The molecule has 1 amide bonds. The van der Waals surface area contributed by atoms with Gasteiger partial charge in [-0.15, -0.1) is 0 Å². The van der Waals surface area contributed by atoms with Gasteiger partial charge in [0.2, 0.25) is 12.2 Å². The second-order valence-corrected chi connectivity index (χ2v) is 9.97. The first-order chi connectivity index (χ1) is 18.6. The number of amides is 1. The number of nitrogens with one attached hydrogen (secondary N) is 1. The summed E-state index contributed by atoms with van der Waals surface area (Å²) < 4.78 is 6.13. The van der Waals surface area contributed by atoms with Crippen LogP contribution < -0.4 is 20.2 Å². The number of Topliss-reactive ketones (excluding diaryl/α,β-unsaturated/α-hetero) is 1. The van der Waals surface area contributed by atoms with E-state index in [0.717, 1.165) is 52.4 Å². The fourth-order valence-corrected chi connectivity index (χ4v) is 5.34. The normalized spacial score (nSPS) is 16.0. The zero-order valence-corrected chi connectivity index (χ0v) is 22.3. The van der Waals surface area contributed by atoms with Crippen LogP contribution in [0.3, 0.4) is 0 Å². The van der Waals surface area contributed by atoms with Gasteiger partial charge in [-0.05, 0) is 60.7 Å². The molecule has 0 bridgehead atoms. The lowest BCUT2D eigenvalue weighted by molar-refractivity contribution is -0.106. The molecule has 0 saturated heterocycles. The number of aromatic amines is 1. The average molecular weight is 507 g/mol. The predicted molar refractivity (Wildman–Crippen MR) is 154 cm³/mol. The van der Waals surface area contributed by atoms with Crippen molar-refractivity contribution in [1.82, 2.24) is 4.98 Å². The minimum absolute atomic E-state index is 0.161. The van der Waals surface area contributed by atoms with Crippen LogP contribution in [0, 0.1) is 5.92 Å². The number of hydrogen-bond acceptors (Lipinski definition) is 3. The number of anilines is 1. The highest BCUT2D eigenvalue weighted by atomic mass is 16.5. The molecule has 1 aromatic heterocycles. The number of aromatic nitrogens is 1. The van der Waals surface area contributed by atoms with Crippen molar-refractivity contribution in [1.29, 1.82) is 0 Å². The van der Waals surface area contributed by atoms with Gasteiger partial charge in [0, 0.05) is 21.7 Å². The van der Waals surface area contributed by atoms with Gasteiger partial charge in [-0.3, -0.25) is 14.5 Å². The summed E-state index contributed by atoms with van der Waals surface area (Å²) in [6, 6.07) is 23.4. The van der Waals surface area contributed by atoms with Crippen molar-refractivity contribution in [3.8, 4) is 5.75 Å². The second-order valence-electron chi connectivity index (χ2n) is 9.97. The van der Waals surface area contributed by atoms with Gasteiger partial charge < -0.3 is 9.72 Å². The van der Waals surface area contributed by atoms with E-state index < -0.39 is 0 Å². The Morgan fingerprint density at radius 3 is 2.47 bits per heavy atom. The maximum atomic E-state index is 13.5. The summed E-state index contributed by atoms with van der Waals surface area (Å²) in [7, 11) is 0. The van der Waals surface area contributed by atoms with Gasteiger partial charge in [0.1, 0.15) is 11.4 Å². The average Bonchev–Trinajstić information content (AvgIpc) is 3.47. The Kier molecular flexibility index (Phi) is 7.45. The summed E-state index contributed by atoms with van der Waals surface area (Å²) in [4.78, 5) is 30.7. The summed E-state index contributed by atoms with van der Waals surface area (Å²) in [5.41, 5.74) is 4.45. The third-order valence-electron chi connectivity index (χ3n) is 7.60. The molecule has 0 saturated carbocycles. The van der Waals surface area contributed by atoms with E-state index in [2.05, 4.69) is 37.9 Å². The summed E-state index contributed by atoms with van der Waals surface area (Å²) in [5, 5.41) is 2.58. The number of unbranched alkanes of at least 4 members (excludes halogenated alkanes) is 1. The molecule has 0 fully saturated rings. The van der Waals surface area contributed by atoms with Gasteiger partial charge in [-0.25, -0.2) is 0 Å². The Balaban J connectivity index is 1.61. The summed E-state index contributed by atoms with van der Waals surface area (Å²) in [5.74, 6) is 1.27. The minimum atomic E-state index is -0.161. The van der Waals surface area contributed by atoms with Crippen molar-refractivity contribution in [2.75, 3.05) is 11.5 Å². The number of fused-ring (bicyclic) bond motifs is 2. The molecule has 38 heavy (non-hydrogen) atoms. The number of para-hydroxylation sites is 2. The lowest BCUT2D eigenvalue weighted by atomic mass is 10.0. The lowest BCUT2D eigenvalue weighted by Gasteiger charge is -2.15. The van der Waals surface area contributed by atoms with Crippen molar-refractivity contribution < 1.29 is 14.3 Å². The van der Waals surface area contributed by atoms with E-state index in [1.54, 1.807) is 12.1 Å². The Morgan fingerprint density at radius 1 is 1.00 bits per heavy atom. The van der Waals surface area contributed by atoms with Crippen LogP contribution in [0.1, 0.15) is 62.4 Å². The van der Waals surface area contributed by atoms with E-state index in [4.69, 9.17) is 4.74 Å². The Morgan fingerprint density at radius 2 is 1.74 bits per heavy atom. The summed E-state index contributed by atoms with van der Waals surface area (Å²) >= 11 is 0. The number of H-pyrrole nitrogens is 1. The molecule has 3 aromatic carbocycles. The largest absolute Gasteiger partial charge is 0.493 e. The predicted octanol–water partition coefficient (Wildman–Crippen LogP) is 5.95. The van der Waals surface area contributed by atoms with E-state index in [9.17, 15) is 9.59 Å². The van der Waals surface area contributed by atoms with Crippen molar-refractivity contribution in [3.05, 3.63) is 94.5 Å². The van der Waals surface area contributed by atoms with Crippen molar-refractivity contribution in [2.24, 2.45) is 5.92 Å².